The minimum absolute atomic E-state index is 0.0139. The van der Waals surface area contributed by atoms with E-state index in [1.165, 1.54) is 0 Å². The summed E-state index contributed by atoms with van der Waals surface area (Å²) in [6, 6.07) is 3.76. The Morgan fingerprint density at radius 3 is 2.87 bits per heavy atom. The van der Waals surface area contributed by atoms with E-state index in [0.29, 0.717) is 18.3 Å². The summed E-state index contributed by atoms with van der Waals surface area (Å²) in [4.78, 5) is 14.5. The number of nitrogens with one attached hydrogen (secondary N) is 3. The molecule has 3 heterocycles. The molecule has 0 spiro atoms. The van der Waals surface area contributed by atoms with Crippen LogP contribution in [0, 0.1) is 11.3 Å². The number of fused-ring (bicyclic) bond motifs is 1. The molecular weight excluding hydrogens is 294 g/mol. The zero-order valence-corrected chi connectivity index (χ0v) is 13.6. The largest absolute Gasteiger partial charge is 0.430 e. The second kappa shape index (κ2) is 6.60. The summed E-state index contributed by atoms with van der Waals surface area (Å²) in [7, 11) is 3.77. The van der Waals surface area contributed by atoms with E-state index in [1.54, 1.807) is 13.1 Å². The van der Waals surface area contributed by atoms with Crippen molar-refractivity contribution in [3.63, 3.8) is 0 Å². The maximum Gasteiger partial charge on any atom is 0.243 e. The predicted molar refractivity (Wildman–Crippen MR) is 86.0 cm³/mol. The summed E-state index contributed by atoms with van der Waals surface area (Å²) in [5, 5.41) is 18.5. The Labute approximate surface area is 136 Å². The van der Waals surface area contributed by atoms with Gasteiger partial charge in [0.1, 0.15) is 12.1 Å². The Bertz CT molecular complexity index is 612. The zero-order chi connectivity index (χ0) is 16.4. The quantitative estimate of drug-likeness (QED) is 0.742. The average molecular weight is 317 g/mol. The van der Waals surface area contributed by atoms with Gasteiger partial charge in [0.05, 0.1) is 0 Å². The van der Waals surface area contributed by atoms with Crippen LogP contribution < -0.4 is 16.0 Å². The standard InChI is InChI=1S/C16H23N5O2/c1-18-15(22)14-13(19-11-3-5-21(2)6-4-11)8-10-7-12(9-17)23-16(10)20-14/h7,11,13-14,19-20H,3-6,8H2,1-2H3,(H,18,22). The molecule has 1 aromatic heterocycles. The molecule has 124 valence electrons. The molecule has 1 saturated heterocycles. The molecule has 0 aliphatic carbocycles. The molecule has 2 aliphatic rings. The van der Waals surface area contributed by atoms with Crippen molar-refractivity contribution in [1.82, 2.24) is 15.5 Å². The Balaban J connectivity index is 1.75. The van der Waals surface area contributed by atoms with Crippen molar-refractivity contribution >= 4 is 11.8 Å². The molecule has 2 aliphatic heterocycles. The Kier molecular flexibility index (Phi) is 4.55. The lowest BCUT2D eigenvalue weighted by Crippen LogP contribution is -2.58. The number of piperidine rings is 1. The molecular formula is C16H23N5O2. The molecule has 0 aromatic carbocycles. The van der Waals surface area contributed by atoms with Crippen molar-refractivity contribution in [2.75, 3.05) is 32.5 Å². The van der Waals surface area contributed by atoms with Gasteiger partial charge in [0.25, 0.3) is 0 Å². The van der Waals surface area contributed by atoms with E-state index in [4.69, 9.17) is 9.68 Å². The topological polar surface area (TPSA) is 93.3 Å². The lowest BCUT2D eigenvalue weighted by molar-refractivity contribution is -0.122. The minimum atomic E-state index is -0.398. The first kappa shape index (κ1) is 15.8. The summed E-state index contributed by atoms with van der Waals surface area (Å²) >= 11 is 0. The first-order chi connectivity index (χ1) is 11.1. The van der Waals surface area contributed by atoms with Crippen LogP contribution in [0.3, 0.4) is 0 Å². The van der Waals surface area contributed by atoms with Gasteiger partial charge in [-0.05, 0) is 39.4 Å². The molecule has 2 atom stereocenters. The summed E-state index contributed by atoms with van der Waals surface area (Å²) in [6.07, 6.45) is 2.84. The number of carbonyl (C=O) groups is 1. The van der Waals surface area contributed by atoms with Gasteiger partial charge >= 0.3 is 0 Å². The third-order valence-corrected chi connectivity index (χ3v) is 4.75. The van der Waals surface area contributed by atoms with Crippen molar-refractivity contribution < 1.29 is 9.21 Å². The molecule has 23 heavy (non-hydrogen) atoms. The molecule has 7 heteroatoms. The fraction of sp³-hybridized carbons (Fsp3) is 0.625. The average Bonchev–Trinajstić information content (AvgIpc) is 2.97. The molecule has 0 saturated carbocycles. The van der Waals surface area contributed by atoms with Gasteiger partial charge in [-0.2, -0.15) is 5.26 Å². The molecule has 0 bridgehead atoms. The first-order valence-corrected chi connectivity index (χ1v) is 8.06. The maximum atomic E-state index is 12.2. The smallest absolute Gasteiger partial charge is 0.243 e. The monoisotopic (exact) mass is 317 g/mol. The highest BCUT2D eigenvalue weighted by atomic mass is 16.4. The number of hydrogen-bond acceptors (Lipinski definition) is 6. The van der Waals surface area contributed by atoms with Crippen molar-refractivity contribution in [3.8, 4) is 6.07 Å². The fourth-order valence-corrected chi connectivity index (χ4v) is 3.39. The highest BCUT2D eigenvalue weighted by Gasteiger charge is 2.36. The Morgan fingerprint density at radius 2 is 2.22 bits per heavy atom. The zero-order valence-electron chi connectivity index (χ0n) is 13.6. The summed E-state index contributed by atoms with van der Waals surface area (Å²) in [6.45, 7) is 2.13. The van der Waals surface area contributed by atoms with Crippen LogP contribution >= 0.6 is 0 Å². The van der Waals surface area contributed by atoms with Crippen LogP contribution in [0.4, 0.5) is 5.88 Å². The van der Waals surface area contributed by atoms with Gasteiger partial charge in [-0.3, -0.25) is 4.79 Å². The van der Waals surface area contributed by atoms with E-state index in [0.717, 1.165) is 31.5 Å². The predicted octanol–water partition coefficient (Wildman–Crippen LogP) is 0.286. The number of hydrogen-bond donors (Lipinski definition) is 3. The molecule has 1 amide bonds. The Hall–Kier alpha value is -2.04. The van der Waals surface area contributed by atoms with E-state index < -0.39 is 6.04 Å². The van der Waals surface area contributed by atoms with Gasteiger partial charge < -0.3 is 25.3 Å². The van der Waals surface area contributed by atoms with Crippen molar-refractivity contribution in [1.29, 1.82) is 5.26 Å². The maximum absolute atomic E-state index is 12.2. The first-order valence-electron chi connectivity index (χ1n) is 8.06. The molecule has 0 radical (unpaired) electrons. The molecule has 1 aromatic rings. The number of likely N-dealkylation sites (N-methyl/N-ethyl adjacent to an activating group) is 1. The summed E-state index contributed by atoms with van der Waals surface area (Å²) in [5.41, 5.74) is 0.951. The van der Waals surface area contributed by atoms with Crippen LogP contribution in [0.2, 0.25) is 0 Å². The van der Waals surface area contributed by atoms with Crippen LogP contribution in [-0.4, -0.2) is 56.1 Å². The van der Waals surface area contributed by atoms with E-state index >= 15 is 0 Å². The van der Waals surface area contributed by atoms with E-state index in [1.807, 2.05) is 6.07 Å². The Morgan fingerprint density at radius 1 is 1.48 bits per heavy atom. The molecule has 3 N–H and O–H groups in total. The second-order valence-electron chi connectivity index (χ2n) is 6.37. The lowest BCUT2D eigenvalue weighted by atomic mass is 9.93. The summed E-state index contributed by atoms with van der Waals surface area (Å²) < 4.78 is 5.45. The molecule has 7 nitrogen and oxygen atoms in total. The van der Waals surface area contributed by atoms with Crippen LogP contribution in [0.15, 0.2) is 10.5 Å². The van der Waals surface area contributed by atoms with Crippen LogP contribution in [0.25, 0.3) is 0 Å². The number of likely N-dealkylation sites (tertiary alicyclic amines) is 1. The van der Waals surface area contributed by atoms with Gasteiger partial charge in [0.15, 0.2) is 5.88 Å². The third-order valence-electron chi connectivity index (χ3n) is 4.75. The summed E-state index contributed by atoms with van der Waals surface area (Å²) in [5.74, 6) is 0.741. The third kappa shape index (κ3) is 3.33. The van der Waals surface area contributed by atoms with Gasteiger partial charge in [0, 0.05) is 30.8 Å². The van der Waals surface area contributed by atoms with Crippen LogP contribution in [0.5, 0.6) is 0 Å². The van der Waals surface area contributed by atoms with Gasteiger partial charge in [-0.25, -0.2) is 0 Å². The molecule has 3 rings (SSSR count). The van der Waals surface area contributed by atoms with E-state index in [2.05, 4.69) is 27.9 Å². The van der Waals surface area contributed by atoms with E-state index in [-0.39, 0.29) is 17.7 Å². The normalized spacial score (nSPS) is 25.3. The number of nitrogens with zero attached hydrogens (tertiary/aromatic N) is 2. The van der Waals surface area contributed by atoms with Gasteiger partial charge in [0.2, 0.25) is 11.7 Å². The number of nitriles is 1. The SMILES string of the molecule is CNC(=O)C1Nc2oc(C#N)cc2CC1NC1CCN(C)CC1. The van der Waals surface area contributed by atoms with Crippen molar-refractivity contribution in [3.05, 3.63) is 17.4 Å². The van der Waals surface area contributed by atoms with Crippen LogP contribution in [0.1, 0.15) is 24.2 Å². The highest BCUT2D eigenvalue weighted by Crippen LogP contribution is 2.29. The van der Waals surface area contributed by atoms with Crippen LogP contribution in [-0.2, 0) is 11.2 Å². The molecule has 2 unspecified atom stereocenters. The van der Waals surface area contributed by atoms with Gasteiger partial charge in [-0.1, -0.05) is 0 Å². The second-order valence-corrected chi connectivity index (χ2v) is 6.37. The molecule has 1 fully saturated rings. The number of anilines is 1. The lowest BCUT2D eigenvalue weighted by Gasteiger charge is -2.37. The minimum Gasteiger partial charge on any atom is -0.430 e. The fourth-order valence-electron chi connectivity index (χ4n) is 3.39. The van der Waals surface area contributed by atoms with Crippen molar-refractivity contribution in [2.24, 2.45) is 0 Å². The number of carbonyl (C=O) groups excluding carboxylic acids is 1. The number of furan rings is 1. The number of amides is 1. The van der Waals surface area contributed by atoms with Gasteiger partial charge in [-0.15, -0.1) is 0 Å². The highest BCUT2D eigenvalue weighted by molar-refractivity contribution is 5.86. The van der Waals surface area contributed by atoms with Crippen molar-refractivity contribution in [2.45, 2.75) is 37.4 Å². The van der Waals surface area contributed by atoms with E-state index in [9.17, 15) is 4.79 Å². The number of rotatable bonds is 3.